The number of halogens is 10. The highest BCUT2D eigenvalue weighted by molar-refractivity contribution is 14.1. The van der Waals surface area contributed by atoms with Crippen molar-refractivity contribution in [3.63, 3.8) is 0 Å². The summed E-state index contributed by atoms with van der Waals surface area (Å²) in [4.78, 5) is 42.4. The highest BCUT2D eigenvalue weighted by Crippen LogP contribution is 2.30. The smallest absolute Gasteiger partial charge is 0.412 e. The zero-order valence-corrected chi connectivity index (χ0v) is 31.7. The van der Waals surface area contributed by atoms with E-state index in [1.807, 2.05) is 22.6 Å². The number of Topliss-reactive ketones (excluding diaryl/α,β-unsaturated/α-hetero) is 3. The van der Waals surface area contributed by atoms with Gasteiger partial charge in [-0.15, -0.1) is 19.7 Å². The Bertz CT molecular complexity index is 1200. The van der Waals surface area contributed by atoms with E-state index in [9.17, 15) is 58.7 Å². The summed E-state index contributed by atoms with van der Waals surface area (Å²) in [6.07, 6.45) is -8.48. The van der Waals surface area contributed by atoms with Crippen molar-refractivity contribution in [2.45, 2.75) is 117 Å². The first-order valence-corrected chi connectivity index (χ1v) is 16.6. The van der Waals surface area contributed by atoms with E-state index < -0.39 is 58.7 Å². The maximum Gasteiger partial charge on any atom is 0.412 e. The van der Waals surface area contributed by atoms with Crippen molar-refractivity contribution in [3.8, 4) is 0 Å². The van der Waals surface area contributed by atoms with Gasteiger partial charge in [0.05, 0.1) is 0 Å². The number of rotatable bonds is 15. The monoisotopic (exact) mass is 862 g/mol. The predicted molar refractivity (Wildman–Crippen MR) is 188 cm³/mol. The Morgan fingerprint density at radius 2 is 1.06 bits per heavy atom. The number of allylic oxidation sites excluding steroid dienone is 8. The van der Waals surface area contributed by atoms with Crippen LogP contribution in [0.2, 0.25) is 0 Å². The minimum Gasteiger partial charge on any atom is -0.460 e. The number of carbonyl (C=O) groups is 4. The molecule has 0 aliphatic carbocycles. The molecule has 0 unspecified atom stereocenters. The molecule has 16 heteroatoms. The fraction of sp³-hybridized carbons (Fsp3) is 0.543. The summed E-state index contributed by atoms with van der Waals surface area (Å²) >= 11 is 1.87. The molecule has 6 nitrogen and oxygen atoms in total. The Kier molecular flexibility index (Phi) is 29.6. The molecule has 0 aromatic carbocycles. The molecule has 0 fully saturated rings. The lowest BCUT2D eigenvalue weighted by Gasteiger charge is -2.18. The molecule has 51 heavy (non-hydrogen) atoms. The van der Waals surface area contributed by atoms with E-state index in [-0.39, 0.29) is 56.5 Å². The van der Waals surface area contributed by atoms with Crippen molar-refractivity contribution in [2.75, 3.05) is 4.43 Å². The maximum atomic E-state index is 12.3. The molecule has 0 amide bonds. The molecular weight excluding hydrogens is 814 g/mol. The van der Waals surface area contributed by atoms with Gasteiger partial charge in [-0.25, -0.2) is 0 Å². The zero-order chi connectivity index (χ0) is 41.2. The number of alkyl halides is 10. The molecule has 1 atom stereocenters. The molecule has 0 radical (unpaired) electrons. The fourth-order valence-corrected chi connectivity index (χ4v) is 3.49. The van der Waals surface area contributed by atoms with Crippen LogP contribution in [-0.4, -0.2) is 63.1 Å². The van der Waals surface area contributed by atoms with Gasteiger partial charge < -0.3 is 14.6 Å². The molecule has 294 valence electrons. The normalized spacial score (nSPS) is 13.1. The second-order valence-electron chi connectivity index (χ2n) is 11.4. The van der Waals surface area contributed by atoms with E-state index in [2.05, 4.69) is 19.7 Å². The van der Waals surface area contributed by atoms with E-state index >= 15 is 0 Å². The number of hydrogen-bond acceptors (Lipinski definition) is 6. The second-order valence-corrected chi connectivity index (χ2v) is 12.3. The van der Waals surface area contributed by atoms with Crippen LogP contribution in [0, 0.1) is 0 Å². The molecule has 0 aromatic heterocycles. The predicted octanol–water partition coefficient (Wildman–Crippen LogP) is 10.6. The van der Waals surface area contributed by atoms with Crippen LogP contribution in [0.25, 0.3) is 0 Å². The van der Waals surface area contributed by atoms with Crippen molar-refractivity contribution >= 4 is 45.9 Å². The maximum absolute atomic E-state index is 12.3. The van der Waals surface area contributed by atoms with E-state index in [4.69, 9.17) is 9.84 Å². The second kappa shape index (κ2) is 27.6. The Morgan fingerprint density at radius 3 is 1.33 bits per heavy atom. The summed E-state index contributed by atoms with van der Waals surface area (Å²) in [5, 5.41) is 9.02. The number of aliphatic hydroxyl groups excluding tert-OH is 1. The average molecular weight is 863 g/mol. The minimum absolute atomic E-state index is 0.105. The molecule has 0 saturated heterocycles. The molecule has 0 bridgehead atoms. The zero-order valence-electron chi connectivity index (χ0n) is 29.6. The molecule has 0 spiro atoms. The van der Waals surface area contributed by atoms with Crippen molar-refractivity contribution in [1.82, 2.24) is 0 Å². The first-order valence-electron chi connectivity index (χ1n) is 15.1. The van der Waals surface area contributed by atoms with Gasteiger partial charge in [0.2, 0.25) is 0 Å². The standard InChI is InChI=1S/C10H13F3O2.C10H13F3O.C8H14O3.C7H8F3I/c1-3-4-8(10(11,12)13)5-6-9(15)7(2)14;1-3-5-9(10(11,12)13)7-4-6-8(2)14;1-6(9)5-7(10)11-8(2,3)4;1-2-3-6(4-5-11)7(8,9)10/h3,5,9,15H,1,4,6H2,2H3;3,7H,1,4-6H2,2H3;5H2,1-4H3;2,4H,1,3,5H2/b8-5+;9-7+;;6-4+/t9-;;;/m0.../s1. The molecule has 0 rings (SSSR count). The van der Waals surface area contributed by atoms with Crippen molar-refractivity contribution in [1.29, 1.82) is 0 Å². The highest BCUT2D eigenvalue weighted by atomic mass is 127. The van der Waals surface area contributed by atoms with Crippen LogP contribution < -0.4 is 0 Å². The first kappa shape index (κ1) is 54.7. The van der Waals surface area contributed by atoms with Crippen LogP contribution in [0.4, 0.5) is 39.5 Å². The molecule has 0 saturated carbocycles. The lowest BCUT2D eigenvalue weighted by molar-refractivity contribution is -0.156. The number of hydrogen-bond donors (Lipinski definition) is 1. The lowest BCUT2D eigenvalue weighted by atomic mass is 10.1. The average Bonchev–Trinajstić information content (AvgIpc) is 2.92. The molecule has 0 aromatic rings. The van der Waals surface area contributed by atoms with Gasteiger partial charge in [0.15, 0.2) is 5.78 Å². The molecular formula is C35H48F9IO6. The van der Waals surface area contributed by atoms with Gasteiger partial charge in [-0.3, -0.25) is 14.4 Å². The highest BCUT2D eigenvalue weighted by Gasteiger charge is 2.33. The summed E-state index contributed by atoms with van der Waals surface area (Å²) in [6.45, 7) is 18.9. The number of carbonyl (C=O) groups excluding carboxylic acids is 4. The quantitative estimate of drug-likeness (QED) is 0.0440. The van der Waals surface area contributed by atoms with E-state index in [1.165, 1.54) is 32.1 Å². The largest absolute Gasteiger partial charge is 0.460 e. The molecule has 0 heterocycles. The molecule has 0 aliphatic rings. The third kappa shape index (κ3) is 36.6. The number of aliphatic hydroxyl groups is 1. The summed E-state index contributed by atoms with van der Waals surface area (Å²) in [7, 11) is 0. The van der Waals surface area contributed by atoms with E-state index in [1.54, 1.807) is 20.8 Å². The van der Waals surface area contributed by atoms with Gasteiger partial charge in [0.1, 0.15) is 29.7 Å². The Balaban J connectivity index is -0.000000291. The third-order valence-corrected chi connectivity index (χ3v) is 5.71. The Labute approximate surface area is 307 Å². The van der Waals surface area contributed by atoms with Crippen molar-refractivity contribution < 1.29 is 68.5 Å². The summed E-state index contributed by atoms with van der Waals surface area (Å²) in [5.41, 5.74) is -2.43. The topological polar surface area (TPSA) is 97.7 Å². The van der Waals surface area contributed by atoms with Gasteiger partial charge >= 0.3 is 24.5 Å². The number of ketones is 3. The van der Waals surface area contributed by atoms with Gasteiger partial charge in [-0.1, -0.05) is 59.0 Å². The van der Waals surface area contributed by atoms with Crippen LogP contribution in [-0.2, 0) is 23.9 Å². The lowest BCUT2D eigenvalue weighted by Crippen LogP contribution is -2.24. The summed E-state index contributed by atoms with van der Waals surface area (Å²) < 4.78 is 115. The van der Waals surface area contributed by atoms with Gasteiger partial charge in [-0.2, -0.15) is 39.5 Å². The van der Waals surface area contributed by atoms with E-state index in [0.717, 1.165) is 25.2 Å². The third-order valence-electron chi connectivity index (χ3n) is 5.27. The fourth-order valence-electron chi connectivity index (χ4n) is 2.95. The van der Waals surface area contributed by atoms with Crippen LogP contribution in [0.15, 0.2) is 72.9 Å². The number of esters is 1. The van der Waals surface area contributed by atoms with Gasteiger partial charge in [0.25, 0.3) is 0 Å². The van der Waals surface area contributed by atoms with Crippen LogP contribution in [0.3, 0.4) is 0 Å². The van der Waals surface area contributed by atoms with Crippen LogP contribution in [0.5, 0.6) is 0 Å². The molecule has 0 aliphatic heterocycles. The minimum atomic E-state index is -4.44. The van der Waals surface area contributed by atoms with Crippen LogP contribution in [0.1, 0.15) is 86.5 Å². The van der Waals surface area contributed by atoms with Gasteiger partial charge in [-0.05, 0) is 73.6 Å². The van der Waals surface area contributed by atoms with E-state index in [0.29, 0.717) is 4.43 Å². The van der Waals surface area contributed by atoms with Gasteiger partial charge in [0, 0.05) is 27.6 Å². The Hall–Kier alpha value is -3.02. The summed E-state index contributed by atoms with van der Waals surface area (Å²) in [5.74, 6) is -1.28. The van der Waals surface area contributed by atoms with Crippen LogP contribution >= 0.6 is 22.6 Å². The molecule has 1 N–H and O–H groups in total. The van der Waals surface area contributed by atoms with Crippen molar-refractivity contribution in [2.24, 2.45) is 0 Å². The Morgan fingerprint density at radius 1 is 0.686 bits per heavy atom. The first-order chi connectivity index (χ1) is 23.0. The number of ether oxygens (including phenoxy) is 1. The van der Waals surface area contributed by atoms with Crippen molar-refractivity contribution in [3.05, 3.63) is 72.9 Å². The summed E-state index contributed by atoms with van der Waals surface area (Å²) in [6, 6.07) is 0. The SMILES string of the molecule is C=CC/C(=C\CCC(C)=O)C(F)(F)F.C=CC/C(=C\CI)C(F)(F)F.C=CC/C(=C\C[C@H](O)C(C)=O)C(F)(F)F.CC(=O)CC(=O)OC(C)(C)C.